The number of carboxylic acids is 1. The van der Waals surface area contributed by atoms with Crippen molar-refractivity contribution in [3.05, 3.63) is 46.0 Å². The first-order valence-corrected chi connectivity index (χ1v) is 8.62. The second-order valence-electron chi connectivity index (χ2n) is 7.17. The summed E-state index contributed by atoms with van der Waals surface area (Å²) in [5.41, 5.74) is 3.64. The fourth-order valence-electron chi connectivity index (χ4n) is 3.30. The monoisotopic (exact) mass is 371 g/mol. The number of fused-ring (bicyclic) bond motifs is 3. The quantitative estimate of drug-likeness (QED) is 0.622. The van der Waals surface area contributed by atoms with Gasteiger partial charge in [-0.1, -0.05) is 17.7 Å². The highest BCUT2D eigenvalue weighted by Gasteiger charge is 2.36. The van der Waals surface area contributed by atoms with E-state index in [1.54, 1.807) is 6.07 Å². The number of anilines is 2. The number of rotatable bonds is 3. The molecule has 0 bridgehead atoms. The van der Waals surface area contributed by atoms with Crippen LogP contribution in [0, 0.1) is 6.92 Å². The van der Waals surface area contributed by atoms with Crippen molar-refractivity contribution < 1.29 is 14.6 Å². The molecule has 0 spiro atoms. The number of aryl methyl sites for hydroxylation is 1. The molecule has 3 N–H and O–H groups in total. The van der Waals surface area contributed by atoms with Gasteiger partial charge in [-0.15, -0.1) is 0 Å². The van der Waals surface area contributed by atoms with Gasteiger partial charge in [-0.3, -0.25) is 0 Å². The molecule has 0 unspecified atom stereocenters. The summed E-state index contributed by atoms with van der Waals surface area (Å²) in [6.07, 6.45) is 0.593. The van der Waals surface area contributed by atoms with E-state index in [1.165, 1.54) is 0 Å². The van der Waals surface area contributed by atoms with Crippen LogP contribution < -0.4 is 10.1 Å². The van der Waals surface area contributed by atoms with Gasteiger partial charge in [-0.05, 0) is 44.5 Å². The standard InChI is InChI=1S/C19H18ClN3O3/c1-9-4-5-12(20)13(6-9)21-18-22-14-7-10(17(24)25)16-11(15(14)23-18)8-19(2,3)26-16/h4-7H,8H2,1-3H3,(H,24,25)(H2,21,22,23). The van der Waals surface area contributed by atoms with Crippen molar-refractivity contribution in [2.24, 2.45) is 0 Å². The predicted molar refractivity (Wildman–Crippen MR) is 101 cm³/mol. The Bertz CT molecular complexity index is 1060. The third-order valence-corrected chi connectivity index (χ3v) is 4.74. The highest BCUT2D eigenvalue weighted by Crippen LogP contribution is 2.42. The lowest BCUT2D eigenvalue weighted by atomic mass is 9.99. The molecule has 4 rings (SSSR count). The molecule has 0 saturated heterocycles. The zero-order chi connectivity index (χ0) is 18.6. The number of hydrogen-bond donors (Lipinski definition) is 3. The van der Waals surface area contributed by atoms with E-state index < -0.39 is 11.6 Å². The number of H-pyrrole nitrogens is 1. The number of aromatic carboxylic acids is 1. The van der Waals surface area contributed by atoms with Gasteiger partial charge >= 0.3 is 5.97 Å². The minimum atomic E-state index is -1.02. The minimum Gasteiger partial charge on any atom is -0.486 e. The topological polar surface area (TPSA) is 87.2 Å². The third-order valence-electron chi connectivity index (χ3n) is 4.41. The van der Waals surface area contributed by atoms with Crippen LogP contribution in [0.4, 0.5) is 11.6 Å². The van der Waals surface area contributed by atoms with Gasteiger partial charge in [0.1, 0.15) is 16.9 Å². The van der Waals surface area contributed by atoms with Crippen molar-refractivity contribution in [2.75, 3.05) is 5.32 Å². The largest absolute Gasteiger partial charge is 0.486 e. The Hall–Kier alpha value is -2.73. The molecule has 7 heteroatoms. The molecule has 0 aliphatic carbocycles. The van der Waals surface area contributed by atoms with Crippen LogP contribution >= 0.6 is 11.6 Å². The molecule has 2 aromatic carbocycles. The normalized spacial score (nSPS) is 14.9. The summed E-state index contributed by atoms with van der Waals surface area (Å²) < 4.78 is 5.88. The summed E-state index contributed by atoms with van der Waals surface area (Å²) in [6, 6.07) is 7.23. The molecule has 0 radical (unpaired) electrons. The molecule has 0 amide bonds. The van der Waals surface area contributed by atoms with Crippen LogP contribution in [0.25, 0.3) is 11.0 Å². The number of aromatic amines is 1. The number of carbonyl (C=O) groups is 1. The molecule has 1 aliphatic rings. The highest BCUT2D eigenvalue weighted by molar-refractivity contribution is 6.33. The predicted octanol–water partition coefficient (Wildman–Crippen LogP) is 4.68. The van der Waals surface area contributed by atoms with E-state index in [1.807, 2.05) is 39.0 Å². The van der Waals surface area contributed by atoms with E-state index in [0.29, 0.717) is 34.2 Å². The zero-order valence-electron chi connectivity index (χ0n) is 14.6. The van der Waals surface area contributed by atoms with Crippen molar-refractivity contribution in [3.8, 4) is 5.75 Å². The van der Waals surface area contributed by atoms with Crippen LogP contribution in [0.5, 0.6) is 5.75 Å². The first kappa shape index (κ1) is 16.7. The molecule has 6 nitrogen and oxygen atoms in total. The van der Waals surface area contributed by atoms with E-state index >= 15 is 0 Å². The lowest BCUT2D eigenvalue weighted by molar-refractivity contribution is 0.0685. The molecular formula is C19H18ClN3O3. The third kappa shape index (κ3) is 2.76. The summed E-state index contributed by atoms with van der Waals surface area (Å²) in [7, 11) is 0. The average Bonchev–Trinajstić information content (AvgIpc) is 3.08. The minimum absolute atomic E-state index is 0.141. The number of nitrogens with one attached hydrogen (secondary N) is 2. The number of halogens is 1. The lowest BCUT2D eigenvalue weighted by Gasteiger charge is -2.17. The maximum absolute atomic E-state index is 11.6. The van der Waals surface area contributed by atoms with Gasteiger partial charge in [-0.25, -0.2) is 9.78 Å². The van der Waals surface area contributed by atoms with Gasteiger partial charge in [0.25, 0.3) is 0 Å². The molecule has 0 atom stereocenters. The van der Waals surface area contributed by atoms with Crippen LogP contribution in [0.2, 0.25) is 5.02 Å². The van der Waals surface area contributed by atoms with Crippen molar-refractivity contribution in [1.82, 2.24) is 9.97 Å². The fraction of sp³-hybridized carbons (Fsp3) is 0.263. The molecule has 134 valence electrons. The van der Waals surface area contributed by atoms with Gasteiger partial charge in [-0.2, -0.15) is 0 Å². The molecule has 1 aliphatic heterocycles. The van der Waals surface area contributed by atoms with E-state index in [0.717, 1.165) is 16.8 Å². The number of ether oxygens (including phenoxy) is 1. The second kappa shape index (κ2) is 5.64. The summed E-state index contributed by atoms with van der Waals surface area (Å²) in [5.74, 6) is -0.115. The van der Waals surface area contributed by atoms with Crippen molar-refractivity contribution >= 4 is 40.2 Å². The van der Waals surface area contributed by atoms with E-state index in [-0.39, 0.29) is 5.56 Å². The van der Waals surface area contributed by atoms with E-state index in [4.69, 9.17) is 16.3 Å². The van der Waals surface area contributed by atoms with Gasteiger partial charge in [0.05, 0.1) is 21.7 Å². The Balaban J connectivity index is 1.83. The second-order valence-corrected chi connectivity index (χ2v) is 7.57. The molecule has 0 fully saturated rings. The number of imidazole rings is 1. The van der Waals surface area contributed by atoms with Gasteiger partial charge in [0, 0.05) is 12.0 Å². The van der Waals surface area contributed by atoms with Crippen LogP contribution in [-0.4, -0.2) is 26.6 Å². The van der Waals surface area contributed by atoms with Crippen LogP contribution in [-0.2, 0) is 6.42 Å². The number of aromatic nitrogens is 2. The van der Waals surface area contributed by atoms with Crippen LogP contribution in [0.1, 0.15) is 35.3 Å². The Labute approximate surface area is 155 Å². The smallest absolute Gasteiger partial charge is 0.339 e. The average molecular weight is 372 g/mol. The molecule has 2 heterocycles. The summed E-state index contributed by atoms with van der Waals surface area (Å²) in [4.78, 5) is 19.4. The van der Waals surface area contributed by atoms with Crippen LogP contribution in [0.3, 0.4) is 0 Å². The zero-order valence-corrected chi connectivity index (χ0v) is 15.4. The van der Waals surface area contributed by atoms with Crippen molar-refractivity contribution in [3.63, 3.8) is 0 Å². The fourth-order valence-corrected chi connectivity index (χ4v) is 3.47. The van der Waals surface area contributed by atoms with E-state index in [9.17, 15) is 9.90 Å². The Morgan fingerprint density at radius 1 is 1.38 bits per heavy atom. The number of benzene rings is 2. The van der Waals surface area contributed by atoms with Crippen LogP contribution in [0.15, 0.2) is 24.3 Å². The first-order chi connectivity index (χ1) is 12.2. The van der Waals surface area contributed by atoms with Crippen molar-refractivity contribution in [2.45, 2.75) is 32.8 Å². The van der Waals surface area contributed by atoms with Gasteiger partial charge < -0.3 is 20.1 Å². The number of nitrogens with zero attached hydrogens (tertiary/aromatic N) is 1. The molecular weight excluding hydrogens is 354 g/mol. The van der Waals surface area contributed by atoms with E-state index in [2.05, 4.69) is 15.3 Å². The summed E-state index contributed by atoms with van der Waals surface area (Å²) in [6.45, 7) is 5.84. The van der Waals surface area contributed by atoms with Gasteiger partial charge in [0.15, 0.2) is 0 Å². The van der Waals surface area contributed by atoms with Crippen molar-refractivity contribution in [1.29, 1.82) is 0 Å². The number of carboxylic acid groups (broad SMARTS) is 1. The Morgan fingerprint density at radius 2 is 2.15 bits per heavy atom. The maximum atomic E-state index is 11.6. The lowest BCUT2D eigenvalue weighted by Crippen LogP contribution is -2.25. The SMILES string of the molecule is Cc1ccc(Cl)c(Nc2nc3c4c(c(C(=O)O)cc3[nH]2)OC(C)(C)C4)c1. The highest BCUT2D eigenvalue weighted by atomic mass is 35.5. The Morgan fingerprint density at radius 3 is 2.88 bits per heavy atom. The van der Waals surface area contributed by atoms with Gasteiger partial charge in [0.2, 0.25) is 5.95 Å². The molecule has 1 aromatic heterocycles. The Kier molecular flexibility index (Phi) is 3.63. The molecule has 26 heavy (non-hydrogen) atoms. The summed E-state index contributed by atoms with van der Waals surface area (Å²) >= 11 is 6.24. The first-order valence-electron chi connectivity index (χ1n) is 8.24. The maximum Gasteiger partial charge on any atom is 0.339 e. The number of hydrogen-bond acceptors (Lipinski definition) is 4. The summed E-state index contributed by atoms with van der Waals surface area (Å²) in [5, 5.41) is 13.3. The molecule has 0 saturated carbocycles. The molecule has 3 aromatic rings.